The lowest BCUT2D eigenvalue weighted by Crippen LogP contribution is -2.60. The molecular weight excluding hydrogens is 243 g/mol. The lowest BCUT2D eigenvalue weighted by Gasteiger charge is -2.31. The van der Waals surface area contributed by atoms with Crippen LogP contribution < -0.4 is 0 Å². The predicted molar refractivity (Wildman–Crippen MR) is 29.3 cm³/mol. The summed E-state index contributed by atoms with van der Waals surface area (Å²) in [5.74, 6) is -11.5. The quantitative estimate of drug-likeness (QED) is 0.575. The maximum Gasteiger partial charge on any atom is 0.431 e. The fourth-order valence-corrected chi connectivity index (χ4v) is 1.31. The second-order valence-electron chi connectivity index (χ2n) is 3.16. The molecule has 1 aliphatic carbocycles. The molecule has 0 aromatic rings. The van der Waals surface area contributed by atoms with E-state index in [2.05, 4.69) is 0 Å². The molecule has 1 aliphatic rings. The van der Waals surface area contributed by atoms with Gasteiger partial charge in [0.25, 0.3) is 0 Å². The molecule has 0 nitrogen and oxygen atoms in total. The summed E-state index contributed by atoms with van der Waals surface area (Å²) in [5.41, 5.74) is -5.83. The largest absolute Gasteiger partial charge is 0.431 e. The first-order valence-electron chi connectivity index (χ1n) is 3.53. The van der Waals surface area contributed by atoms with E-state index in [0.717, 1.165) is 0 Å². The van der Waals surface area contributed by atoms with E-state index in [4.69, 9.17) is 0 Å². The van der Waals surface area contributed by atoms with Crippen LogP contribution >= 0.6 is 0 Å². The molecule has 2 unspecified atom stereocenters. The van der Waals surface area contributed by atoms with Crippen molar-refractivity contribution in [3.8, 4) is 0 Å². The minimum Gasteiger partial charge on any atom is -0.243 e. The highest BCUT2D eigenvalue weighted by atomic mass is 19.4. The van der Waals surface area contributed by atoms with Crippen LogP contribution in [0.4, 0.5) is 39.5 Å². The Balaban J connectivity index is 3.32. The molecule has 0 saturated heterocycles. The highest BCUT2D eigenvalue weighted by Crippen LogP contribution is 2.61. The first-order valence-corrected chi connectivity index (χ1v) is 3.53. The van der Waals surface area contributed by atoms with Gasteiger partial charge in [-0.3, -0.25) is 0 Å². The number of rotatable bonds is 0. The van der Waals surface area contributed by atoms with Gasteiger partial charge in [-0.1, -0.05) is 0 Å². The molecule has 1 saturated carbocycles. The Morgan fingerprint density at radius 2 is 1.33 bits per heavy atom. The van der Waals surface area contributed by atoms with Crippen molar-refractivity contribution in [1.29, 1.82) is 0 Å². The van der Waals surface area contributed by atoms with Crippen LogP contribution in [0.2, 0.25) is 0 Å². The molecule has 0 heterocycles. The third kappa shape index (κ3) is 1.24. The fourth-order valence-electron chi connectivity index (χ4n) is 1.31. The normalized spacial score (nSPS) is 39.4. The summed E-state index contributed by atoms with van der Waals surface area (Å²) in [6.07, 6.45) is -12.9. The van der Waals surface area contributed by atoms with Gasteiger partial charge in [-0.15, -0.1) is 0 Å². The highest BCUT2D eigenvalue weighted by molar-refractivity contribution is 5.17. The van der Waals surface area contributed by atoms with Crippen LogP contribution in [0.3, 0.4) is 0 Å². The van der Waals surface area contributed by atoms with Crippen molar-refractivity contribution in [2.75, 3.05) is 0 Å². The Bertz CT molecular complexity index is 266. The molecule has 0 bridgehead atoms. The van der Waals surface area contributed by atoms with E-state index in [-0.39, 0.29) is 0 Å². The molecule has 0 radical (unpaired) electrons. The summed E-state index contributed by atoms with van der Waals surface area (Å²) in [7, 11) is 0. The van der Waals surface area contributed by atoms with Crippen molar-refractivity contribution < 1.29 is 39.5 Å². The van der Waals surface area contributed by atoms with Gasteiger partial charge in [0.1, 0.15) is 0 Å². The summed E-state index contributed by atoms with van der Waals surface area (Å²) in [6.45, 7) is 0. The van der Waals surface area contributed by atoms with Crippen LogP contribution in [0.15, 0.2) is 0 Å². The van der Waals surface area contributed by atoms with E-state index in [1.54, 1.807) is 0 Å². The molecule has 0 spiro atoms. The van der Waals surface area contributed by atoms with Crippen molar-refractivity contribution in [3.05, 3.63) is 0 Å². The number of halogens is 9. The summed E-state index contributed by atoms with van der Waals surface area (Å²) in [4.78, 5) is 0. The maximum atomic E-state index is 12.8. The summed E-state index contributed by atoms with van der Waals surface area (Å²) < 4.78 is 110. The minimum atomic E-state index is -6.39. The molecule has 0 aliphatic heterocycles. The van der Waals surface area contributed by atoms with Crippen molar-refractivity contribution in [2.45, 2.75) is 36.3 Å². The van der Waals surface area contributed by atoms with Gasteiger partial charge >= 0.3 is 23.7 Å². The van der Waals surface area contributed by atoms with E-state index in [1.807, 2.05) is 0 Å². The number of hydrogen-bond acceptors (Lipinski definition) is 0. The van der Waals surface area contributed by atoms with E-state index in [1.165, 1.54) is 0 Å². The van der Waals surface area contributed by atoms with Crippen LogP contribution in [0.5, 0.6) is 0 Å². The Morgan fingerprint density at radius 3 is 1.47 bits per heavy atom. The Labute approximate surface area is 77.0 Å². The average molecular weight is 246 g/mol. The molecule has 0 aromatic carbocycles. The molecule has 9 heteroatoms. The molecule has 0 amide bonds. The van der Waals surface area contributed by atoms with Gasteiger partial charge < -0.3 is 0 Å². The van der Waals surface area contributed by atoms with Crippen LogP contribution in [-0.4, -0.2) is 29.9 Å². The second-order valence-corrected chi connectivity index (χ2v) is 3.16. The first-order chi connectivity index (χ1) is 6.38. The molecule has 0 N–H and O–H groups in total. The molecule has 2 atom stereocenters. The molecular formula is C6H3F9. The molecule has 1 fully saturated rings. The molecule has 1 rings (SSSR count). The lowest BCUT2D eigenvalue weighted by atomic mass is 9.98. The van der Waals surface area contributed by atoms with Gasteiger partial charge in [0, 0.05) is 0 Å². The van der Waals surface area contributed by atoms with E-state index >= 15 is 0 Å². The van der Waals surface area contributed by atoms with Crippen LogP contribution in [0.1, 0.15) is 6.42 Å². The van der Waals surface area contributed by atoms with E-state index < -0.39 is 36.3 Å². The zero-order valence-corrected chi connectivity index (χ0v) is 6.69. The van der Waals surface area contributed by atoms with Crippen molar-refractivity contribution in [2.24, 2.45) is 0 Å². The number of hydrogen-bond donors (Lipinski definition) is 0. The minimum absolute atomic E-state index is 2.49. The molecule has 90 valence electrons. The predicted octanol–water partition coefficient (Wildman–Crippen LogP) is 3.27. The Morgan fingerprint density at radius 1 is 0.933 bits per heavy atom. The number of alkyl halides is 9. The van der Waals surface area contributed by atoms with Gasteiger partial charge in [-0.05, 0) is 0 Å². The third-order valence-corrected chi connectivity index (χ3v) is 2.20. The van der Waals surface area contributed by atoms with Gasteiger partial charge in [0.2, 0.25) is 0 Å². The van der Waals surface area contributed by atoms with Gasteiger partial charge in [0.15, 0.2) is 6.17 Å². The molecule has 15 heavy (non-hydrogen) atoms. The SMILES string of the molecule is FC1CC(F)(F)C(F)(F)C1(F)C(F)(F)F. The van der Waals surface area contributed by atoms with Crippen LogP contribution in [-0.2, 0) is 0 Å². The topological polar surface area (TPSA) is 0 Å². The lowest BCUT2D eigenvalue weighted by molar-refractivity contribution is -0.333. The third-order valence-electron chi connectivity index (χ3n) is 2.20. The van der Waals surface area contributed by atoms with Crippen LogP contribution in [0, 0.1) is 0 Å². The Hall–Kier alpha value is -0.630. The van der Waals surface area contributed by atoms with Crippen molar-refractivity contribution in [1.82, 2.24) is 0 Å². The first kappa shape index (κ1) is 12.4. The van der Waals surface area contributed by atoms with Gasteiger partial charge in [-0.25, -0.2) is 8.78 Å². The average Bonchev–Trinajstić information content (AvgIpc) is 2.08. The second kappa shape index (κ2) is 2.73. The van der Waals surface area contributed by atoms with Gasteiger partial charge in [0.05, 0.1) is 6.42 Å². The maximum absolute atomic E-state index is 12.8. The van der Waals surface area contributed by atoms with Crippen molar-refractivity contribution in [3.63, 3.8) is 0 Å². The zero-order chi connectivity index (χ0) is 12.3. The van der Waals surface area contributed by atoms with E-state index in [9.17, 15) is 39.5 Å². The fraction of sp³-hybridized carbons (Fsp3) is 1.00. The Kier molecular flexibility index (Phi) is 2.26. The van der Waals surface area contributed by atoms with Crippen molar-refractivity contribution >= 4 is 0 Å². The van der Waals surface area contributed by atoms with E-state index in [0.29, 0.717) is 0 Å². The standard InChI is InChI=1S/C6H3F9/c7-2-1-3(8,9)5(11,12)4(2,10)6(13,14)15/h2H,1H2. The van der Waals surface area contributed by atoms with Gasteiger partial charge in [-0.2, -0.15) is 30.7 Å². The summed E-state index contributed by atoms with van der Waals surface area (Å²) in [6, 6.07) is 0. The zero-order valence-electron chi connectivity index (χ0n) is 6.69. The monoisotopic (exact) mass is 246 g/mol. The smallest absolute Gasteiger partial charge is 0.243 e. The summed E-state index contributed by atoms with van der Waals surface area (Å²) >= 11 is 0. The highest BCUT2D eigenvalue weighted by Gasteiger charge is 2.88. The van der Waals surface area contributed by atoms with Crippen LogP contribution in [0.25, 0.3) is 0 Å². The summed E-state index contributed by atoms with van der Waals surface area (Å²) in [5, 5.41) is 0. The molecule has 0 aromatic heterocycles.